The number of rotatable bonds is 4. The molecule has 2 atom stereocenters. The van der Waals surface area contributed by atoms with Gasteiger partial charge in [-0.05, 0) is 32.6 Å². The number of hydrogen-bond donors (Lipinski definition) is 1. The van der Waals surface area contributed by atoms with Crippen LogP contribution in [0.1, 0.15) is 52.4 Å². The van der Waals surface area contributed by atoms with Gasteiger partial charge in [0.2, 0.25) is 5.91 Å². The van der Waals surface area contributed by atoms with Crippen molar-refractivity contribution in [3.8, 4) is 0 Å². The second kappa shape index (κ2) is 6.89. The van der Waals surface area contributed by atoms with Gasteiger partial charge in [0.15, 0.2) is 0 Å². The second-order valence-corrected chi connectivity index (χ2v) is 4.93. The Labute approximate surface area is 98.9 Å². The van der Waals surface area contributed by atoms with E-state index in [1.165, 1.54) is 38.5 Å². The molecule has 0 aromatic heterocycles. The van der Waals surface area contributed by atoms with E-state index in [2.05, 4.69) is 12.2 Å². The Morgan fingerprint density at radius 3 is 2.25 bits per heavy atom. The fourth-order valence-electron chi connectivity index (χ4n) is 2.38. The molecule has 1 rings (SSSR count). The van der Waals surface area contributed by atoms with Crippen LogP contribution in [0, 0.1) is 5.92 Å². The van der Waals surface area contributed by atoms with Crippen molar-refractivity contribution >= 4 is 5.91 Å². The van der Waals surface area contributed by atoms with Crippen molar-refractivity contribution in [3.05, 3.63) is 0 Å². The van der Waals surface area contributed by atoms with E-state index in [1.807, 2.05) is 0 Å². The molecule has 0 radical (unpaired) electrons. The Kier molecular flexibility index (Phi) is 5.81. The van der Waals surface area contributed by atoms with Crippen molar-refractivity contribution in [2.45, 2.75) is 64.5 Å². The molecule has 1 aliphatic carbocycles. The molecule has 0 aliphatic heterocycles. The highest BCUT2D eigenvalue weighted by Crippen LogP contribution is 2.25. The maximum Gasteiger partial charge on any atom is 0.249 e. The first kappa shape index (κ1) is 13.5. The molecule has 3 nitrogen and oxygen atoms in total. The van der Waals surface area contributed by atoms with Gasteiger partial charge in [-0.15, -0.1) is 0 Å². The maximum atomic E-state index is 11.7. The van der Waals surface area contributed by atoms with Crippen molar-refractivity contribution in [1.29, 1.82) is 0 Å². The lowest BCUT2D eigenvalue weighted by atomic mass is 9.93. The maximum absolute atomic E-state index is 11.7. The number of nitrogens with one attached hydrogen (secondary N) is 1. The molecule has 1 saturated carbocycles. The van der Waals surface area contributed by atoms with E-state index in [4.69, 9.17) is 4.74 Å². The van der Waals surface area contributed by atoms with E-state index in [0.29, 0.717) is 5.92 Å². The monoisotopic (exact) mass is 227 g/mol. The van der Waals surface area contributed by atoms with E-state index >= 15 is 0 Å². The first-order valence-electron chi connectivity index (χ1n) is 6.48. The summed E-state index contributed by atoms with van der Waals surface area (Å²) in [5.74, 6) is 0.662. The molecule has 0 heterocycles. The number of ether oxygens (including phenoxy) is 1. The van der Waals surface area contributed by atoms with E-state index in [1.54, 1.807) is 14.0 Å². The molecule has 1 N–H and O–H groups in total. The third kappa shape index (κ3) is 4.12. The molecule has 0 aromatic rings. The van der Waals surface area contributed by atoms with Gasteiger partial charge in [-0.1, -0.05) is 25.7 Å². The summed E-state index contributed by atoms with van der Waals surface area (Å²) in [6, 6.07) is 0.281. The van der Waals surface area contributed by atoms with Crippen LogP contribution in [0.3, 0.4) is 0 Å². The van der Waals surface area contributed by atoms with Crippen LogP contribution in [0.2, 0.25) is 0 Å². The number of hydrogen-bond acceptors (Lipinski definition) is 2. The molecular formula is C13H25NO2. The molecule has 94 valence electrons. The molecule has 3 heteroatoms. The zero-order valence-electron chi connectivity index (χ0n) is 10.8. The van der Waals surface area contributed by atoms with Crippen molar-refractivity contribution < 1.29 is 9.53 Å². The summed E-state index contributed by atoms with van der Waals surface area (Å²) in [5.41, 5.74) is 0. The normalized spacial score (nSPS) is 22.2. The van der Waals surface area contributed by atoms with E-state index in [0.717, 1.165) is 0 Å². The van der Waals surface area contributed by atoms with Gasteiger partial charge in [0, 0.05) is 13.2 Å². The molecule has 1 fully saturated rings. The molecule has 16 heavy (non-hydrogen) atoms. The predicted molar refractivity (Wildman–Crippen MR) is 65.3 cm³/mol. The van der Waals surface area contributed by atoms with Crippen LogP contribution < -0.4 is 5.32 Å². The van der Waals surface area contributed by atoms with Crippen molar-refractivity contribution in [1.82, 2.24) is 5.32 Å². The molecule has 1 amide bonds. The van der Waals surface area contributed by atoms with Gasteiger partial charge in [-0.2, -0.15) is 0 Å². The average molecular weight is 227 g/mol. The Bertz CT molecular complexity index is 210. The number of carbonyl (C=O) groups excluding carboxylic acids is 1. The average Bonchev–Trinajstić information content (AvgIpc) is 2.56. The molecule has 0 saturated heterocycles. The topological polar surface area (TPSA) is 38.3 Å². The van der Waals surface area contributed by atoms with Gasteiger partial charge in [0.1, 0.15) is 6.10 Å². The summed E-state index contributed by atoms with van der Waals surface area (Å²) in [7, 11) is 1.57. The lowest BCUT2D eigenvalue weighted by Gasteiger charge is -2.24. The minimum atomic E-state index is -0.340. The summed E-state index contributed by atoms with van der Waals surface area (Å²) >= 11 is 0. The van der Waals surface area contributed by atoms with E-state index in [9.17, 15) is 4.79 Å². The van der Waals surface area contributed by atoms with E-state index < -0.39 is 0 Å². The largest absolute Gasteiger partial charge is 0.372 e. The fourth-order valence-corrected chi connectivity index (χ4v) is 2.38. The summed E-state index contributed by atoms with van der Waals surface area (Å²) in [6.07, 6.45) is 7.49. The minimum absolute atomic E-state index is 0.0132. The smallest absolute Gasteiger partial charge is 0.249 e. The van der Waals surface area contributed by atoms with Gasteiger partial charge in [-0.25, -0.2) is 0 Å². The summed E-state index contributed by atoms with van der Waals surface area (Å²) in [6.45, 7) is 3.91. The lowest BCUT2D eigenvalue weighted by Crippen LogP contribution is -2.43. The van der Waals surface area contributed by atoms with E-state index in [-0.39, 0.29) is 18.1 Å². The fraction of sp³-hybridized carbons (Fsp3) is 0.923. The number of amides is 1. The van der Waals surface area contributed by atoms with Crippen molar-refractivity contribution in [2.24, 2.45) is 5.92 Å². The highest BCUT2D eigenvalue weighted by Gasteiger charge is 2.22. The SMILES string of the molecule is COC(C)C(=O)N[C@@H](C)C1CCCCCC1. The van der Waals surface area contributed by atoms with Crippen LogP contribution in [-0.4, -0.2) is 25.2 Å². The van der Waals surface area contributed by atoms with Crippen molar-refractivity contribution in [2.75, 3.05) is 7.11 Å². The Morgan fingerprint density at radius 2 is 1.75 bits per heavy atom. The van der Waals surface area contributed by atoms with Gasteiger partial charge in [0.05, 0.1) is 0 Å². The predicted octanol–water partition coefficient (Wildman–Crippen LogP) is 2.50. The van der Waals surface area contributed by atoms with Crippen LogP contribution in [0.15, 0.2) is 0 Å². The molecule has 0 bridgehead atoms. The van der Waals surface area contributed by atoms with Crippen LogP contribution >= 0.6 is 0 Å². The van der Waals surface area contributed by atoms with Gasteiger partial charge < -0.3 is 10.1 Å². The standard InChI is InChI=1S/C13H25NO2/c1-10(14-13(15)11(2)16-3)12-8-6-4-5-7-9-12/h10-12H,4-9H2,1-3H3,(H,14,15)/t10-,11?/m0/s1. The Hall–Kier alpha value is -0.570. The highest BCUT2D eigenvalue weighted by atomic mass is 16.5. The first-order valence-corrected chi connectivity index (χ1v) is 6.48. The van der Waals surface area contributed by atoms with Crippen LogP contribution in [0.4, 0.5) is 0 Å². The summed E-state index contributed by atoms with van der Waals surface area (Å²) in [5, 5.41) is 3.06. The third-order valence-corrected chi connectivity index (χ3v) is 3.70. The molecule has 0 spiro atoms. The minimum Gasteiger partial charge on any atom is -0.372 e. The lowest BCUT2D eigenvalue weighted by molar-refractivity contribution is -0.131. The second-order valence-electron chi connectivity index (χ2n) is 4.93. The van der Waals surface area contributed by atoms with Crippen molar-refractivity contribution in [3.63, 3.8) is 0 Å². The Balaban J connectivity index is 2.37. The molecule has 0 aromatic carbocycles. The summed E-state index contributed by atoms with van der Waals surface area (Å²) in [4.78, 5) is 11.7. The first-order chi connectivity index (χ1) is 7.65. The summed E-state index contributed by atoms with van der Waals surface area (Å²) < 4.78 is 5.01. The van der Waals surface area contributed by atoms with Gasteiger partial charge >= 0.3 is 0 Å². The Morgan fingerprint density at radius 1 is 1.19 bits per heavy atom. The third-order valence-electron chi connectivity index (χ3n) is 3.70. The number of carbonyl (C=O) groups is 1. The number of methoxy groups -OCH3 is 1. The zero-order chi connectivity index (χ0) is 12.0. The zero-order valence-corrected chi connectivity index (χ0v) is 10.8. The molecule has 1 aliphatic rings. The molecule has 1 unspecified atom stereocenters. The highest BCUT2D eigenvalue weighted by molar-refractivity contribution is 5.80. The van der Waals surface area contributed by atoms with Gasteiger partial charge in [-0.3, -0.25) is 4.79 Å². The van der Waals surface area contributed by atoms with Gasteiger partial charge in [0.25, 0.3) is 0 Å². The van der Waals surface area contributed by atoms with Crippen LogP contribution in [0.25, 0.3) is 0 Å². The van der Waals surface area contributed by atoms with Crippen LogP contribution in [0.5, 0.6) is 0 Å². The van der Waals surface area contributed by atoms with Crippen LogP contribution in [-0.2, 0) is 9.53 Å². The molecular weight excluding hydrogens is 202 g/mol. The quantitative estimate of drug-likeness (QED) is 0.749.